The van der Waals surface area contributed by atoms with Crippen LogP contribution in [0.15, 0.2) is 61.2 Å². The molecule has 2 bridgehead atoms. The average molecular weight is 547 g/mol. The Bertz CT molecular complexity index is 1310. The standard InChI is InChI=1S/C32H38N2O6/c1-5-17-33(26-20(3)11-10-12-21(26)4)29(37)27-32-16-15-31(6-2,40-32)25(30(38)39)24(32)28(36)34(27)23(19-35)18-22-13-8-7-9-14-22/h5,7-14,23-25,27,35H,1,6,15-19H2,2-4H3,(H,38,39)/t23-,24+,25-,27?,31+,32?/m1/s1. The maximum atomic E-state index is 14.8. The monoisotopic (exact) mass is 546 g/mol. The Morgan fingerprint density at radius 3 is 2.40 bits per heavy atom. The second kappa shape index (κ2) is 10.5. The molecule has 212 valence electrons. The van der Waals surface area contributed by atoms with Crippen LogP contribution in [0.25, 0.3) is 0 Å². The number of para-hydroxylation sites is 1. The zero-order valence-electron chi connectivity index (χ0n) is 23.4. The number of benzene rings is 2. The smallest absolute Gasteiger partial charge is 0.310 e. The van der Waals surface area contributed by atoms with E-state index < -0.39 is 47.0 Å². The van der Waals surface area contributed by atoms with Crippen molar-refractivity contribution in [1.29, 1.82) is 0 Å². The van der Waals surface area contributed by atoms with Crippen LogP contribution < -0.4 is 4.90 Å². The number of anilines is 1. The van der Waals surface area contributed by atoms with Gasteiger partial charge in [0.1, 0.15) is 17.6 Å². The SMILES string of the molecule is C=CCN(C(=O)C1N([C@@H](CO)Cc2ccccc2)C(=O)[C@@H]2[C@H](C(=O)O)[C@]3(CC)CCC12O3)c1c(C)cccc1C. The van der Waals surface area contributed by atoms with E-state index in [9.17, 15) is 24.6 Å². The predicted octanol–water partition coefficient (Wildman–Crippen LogP) is 3.67. The summed E-state index contributed by atoms with van der Waals surface area (Å²) in [7, 11) is 0. The number of rotatable bonds is 10. The van der Waals surface area contributed by atoms with Crippen molar-refractivity contribution in [3.05, 3.63) is 77.9 Å². The van der Waals surface area contributed by atoms with Crippen LogP contribution in [0.5, 0.6) is 0 Å². The third-order valence-corrected chi connectivity index (χ3v) is 9.32. The van der Waals surface area contributed by atoms with Crippen molar-refractivity contribution in [2.75, 3.05) is 18.1 Å². The topological polar surface area (TPSA) is 107 Å². The van der Waals surface area contributed by atoms with Crippen LogP contribution in [0.4, 0.5) is 5.69 Å². The average Bonchev–Trinajstić information content (AvgIpc) is 3.55. The third kappa shape index (κ3) is 4.08. The lowest BCUT2D eigenvalue weighted by Crippen LogP contribution is -2.59. The molecule has 0 saturated carbocycles. The van der Waals surface area contributed by atoms with Crippen molar-refractivity contribution in [2.45, 2.75) is 69.7 Å². The van der Waals surface area contributed by atoms with Crippen LogP contribution in [-0.2, 0) is 25.5 Å². The number of ether oxygens (including phenoxy) is 1. The summed E-state index contributed by atoms with van der Waals surface area (Å²) in [5.41, 5.74) is 1.12. The van der Waals surface area contributed by atoms with Crippen LogP contribution >= 0.6 is 0 Å². The first-order valence-corrected chi connectivity index (χ1v) is 14.0. The lowest BCUT2D eigenvalue weighted by Gasteiger charge is -2.40. The lowest BCUT2D eigenvalue weighted by molar-refractivity contribution is -0.157. The van der Waals surface area contributed by atoms with Crippen molar-refractivity contribution in [3.8, 4) is 0 Å². The molecule has 1 spiro atoms. The second-order valence-electron chi connectivity index (χ2n) is 11.4. The molecule has 3 aliphatic heterocycles. The van der Waals surface area contributed by atoms with E-state index in [4.69, 9.17) is 4.74 Å². The van der Waals surface area contributed by atoms with Crippen LogP contribution in [0.1, 0.15) is 42.9 Å². The predicted molar refractivity (Wildman–Crippen MR) is 151 cm³/mol. The number of likely N-dealkylation sites (tertiary alicyclic amines) is 1. The number of fused-ring (bicyclic) bond motifs is 1. The van der Waals surface area contributed by atoms with Crippen molar-refractivity contribution in [2.24, 2.45) is 11.8 Å². The van der Waals surface area contributed by atoms with Gasteiger partial charge in [-0.05, 0) is 56.2 Å². The molecule has 2 unspecified atom stereocenters. The number of carbonyl (C=O) groups excluding carboxylic acids is 2. The van der Waals surface area contributed by atoms with Gasteiger partial charge in [-0.3, -0.25) is 14.4 Å². The molecule has 3 aliphatic rings. The number of carbonyl (C=O) groups is 3. The van der Waals surface area contributed by atoms with E-state index >= 15 is 0 Å². The summed E-state index contributed by atoms with van der Waals surface area (Å²) in [5.74, 6) is -3.95. The van der Waals surface area contributed by atoms with E-state index in [-0.39, 0.29) is 19.1 Å². The summed E-state index contributed by atoms with van der Waals surface area (Å²) in [4.78, 5) is 45.0. The molecule has 0 radical (unpaired) electrons. The fourth-order valence-corrected chi connectivity index (χ4v) is 7.64. The summed E-state index contributed by atoms with van der Waals surface area (Å²) >= 11 is 0. The molecule has 2 aromatic carbocycles. The molecule has 3 saturated heterocycles. The molecule has 3 fully saturated rings. The zero-order valence-corrected chi connectivity index (χ0v) is 23.4. The highest BCUT2D eigenvalue weighted by atomic mass is 16.5. The molecule has 40 heavy (non-hydrogen) atoms. The van der Waals surface area contributed by atoms with E-state index in [1.54, 1.807) is 11.0 Å². The Morgan fingerprint density at radius 2 is 1.82 bits per heavy atom. The van der Waals surface area contributed by atoms with E-state index in [1.807, 2.05) is 69.3 Å². The number of amides is 2. The highest BCUT2D eigenvalue weighted by Crippen LogP contribution is 2.64. The van der Waals surface area contributed by atoms with Gasteiger partial charge in [-0.1, -0.05) is 61.5 Å². The Balaban J connectivity index is 1.67. The number of carboxylic acids is 1. The number of carboxylic acid groups (broad SMARTS) is 1. The zero-order chi connectivity index (χ0) is 28.8. The highest BCUT2D eigenvalue weighted by Gasteiger charge is 2.79. The highest BCUT2D eigenvalue weighted by molar-refractivity contribution is 6.05. The Kier molecular flexibility index (Phi) is 7.35. The van der Waals surface area contributed by atoms with Gasteiger partial charge in [0.2, 0.25) is 5.91 Å². The van der Waals surface area contributed by atoms with Crippen molar-refractivity contribution < 1.29 is 29.3 Å². The molecule has 8 heteroatoms. The summed E-state index contributed by atoms with van der Waals surface area (Å²) < 4.78 is 6.70. The second-order valence-corrected chi connectivity index (χ2v) is 11.4. The summed E-state index contributed by atoms with van der Waals surface area (Å²) in [6, 6.07) is 13.4. The van der Waals surface area contributed by atoms with Gasteiger partial charge in [-0.15, -0.1) is 6.58 Å². The number of hydrogen-bond donors (Lipinski definition) is 2. The summed E-state index contributed by atoms with van der Waals surface area (Å²) in [6.45, 7) is 9.44. The minimum Gasteiger partial charge on any atom is -0.481 e. The molecular weight excluding hydrogens is 508 g/mol. The molecule has 5 rings (SSSR count). The Labute approximate surface area is 235 Å². The number of aliphatic carboxylic acids is 1. The van der Waals surface area contributed by atoms with Crippen LogP contribution in [0.3, 0.4) is 0 Å². The molecule has 2 aromatic rings. The minimum atomic E-state index is -1.30. The number of aliphatic hydroxyl groups excluding tert-OH is 1. The largest absolute Gasteiger partial charge is 0.481 e. The maximum Gasteiger partial charge on any atom is 0.310 e. The van der Waals surface area contributed by atoms with E-state index in [1.165, 1.54) is 4.90 Å². The van der Waals surface area contributed by atoms with Crippen molar-refractivity contribution in [1.82, 2.24) is 4.90 Å². The molecule has 2 N–H and O–H groups in total. The Morgan fingerprint density at radius 1 is 1.15 bits per heavy atom. The number of aryl methyl sites for hydroxylation is 2. The van der Waals surface area contributed by atoms with Gasteiger partial charge in [0.15, 0.2) is 0 Å². The van der Waals surface area contributed by atoms with Crippen LogP contribution in [0.2, 0.25) is 0 Å². The lowest BCUT2D eigenvalue weighted by atomic mass is 9.65. The quantitative estimate of drug-likeness (QED) is 0.441. The summed E-state index contributed by atoms with van der Waals surface area (Å²) in [5, 5.41) is 21.0. The van der Waals surface area contributed by atoms with Crippen molar-refractivity contribution >= 4 is 23.5 Å². The van der Waals surface area contributed by atoms with Gasteiger partial charge in [0.05, 0.1) is 24.2 Å². The van der Waals surface area contributed by atoms with Gasteiger partial charge >= 0.3 is 5.97 Å². The maximum absolute atomic E-state index is 14.8. The van der Waals surface area contributed by atoms with Gasteiger partial charge < -0.3 is 24.7 Å². The van der Waals surface area contributed by atoms with Gasteiger partial charge in [0, 0.05) is 12.2 Å². The molecule has 8 nitrogen and oxygen atoms in total. The first-order chi connectivity index (χ1) is 19.2. The number of aliphatic hydroxyl groups is 1. The molecule has 6 atom stereocenters. The number of hydrogen-bond acceptors (Lipinski definition) is 5. The molecular formula is C32H38N2O6. The van der Waals surface area contributed by atoms with E-state index in [0.29, 0.717) is 25.7 Å². The third-order valence-electron chi connectivity index (χ3n) is 9.32. The molecule has 2 amide bonds. The number of nitrogens with zero attached hydrogens (tertiary/aromatic N) is 2. The fourth-order valence-electron chi connectivity index (χ4n) is 7.64. The van der Waals surface area contributed by atoms with E-state index in [0.717, 1.165) is 22.4 Å². The molecule has 0 aliphatic carbocycles. The molecule has 0 aromatic heterocycles. The van der Waals surface area contributed by atoms with Gasteiger partial charge in [-0.25, -0.2) is 0 Å². The fraction of sp³-hybridized carbons (Fsp3) is 0.469. The Hall–Kier alpha value is -3.49. The first kappa shape index (κ1) is 28.1. The van der Waals surface area contributed by atoms with Gasteiger partial charge in [-0.2, -0.15) is 0 Å². The first-order valence-electron chi connectivity index (χ1n) is 14.0. The van der Waals surface area contributed by atoms with Crippen LogP contribution in [0, 0.1) is 25.7 Å². The summed E-state index contributed by atoms with van der Waals surface area (Å²) in [6.07, 6.45) is 3.24. The van der Waals surface area contributed by atoms with Crippen molar-refractivity contribution in [3.63, 3.8) is 0 Å². The van der Waals surface area contributed by atoms with Gasteiger partial charge in [0.25, 0.3) is 5.91 Å². The normalized spacial score (nSPS) is 29.4. The van der Waals surface area contributed by atoms with E-state index in [2.05, 4.69) is 6.58 Å². The minimum absolute atomic E-state index is 0.202. The van der Waals surface area contributed by atoms with Crippen LogP contribution in [-0.4, -0.2) is 69.3 Å². The molecule has 3 heterocycles.